The number of halogens is 5. The Labute approximate surface area is 166 Å². The molecule has 3 rings (SSSR count). The van der Waals surface area contributed by atoms with E-state index in [9.17, 15) is 26.7 Å². The van der Waals surface area contributed by atoms with Gasteiger partial charge in [-0.05, 0) is 57.5 Å². The SMILES string of the molecule is O=C(NC1CC1)c1c(F)cc(OCCCC2CCN(CC(F)(F)F)CC2)cc1F. The number of amides is 1. The van der Waals surface area contributed by atoms with Gasteiger partial charge in [-0.2, -0.15) is 13.2 Å². The summed E-state index contributed by atoms with van der Waals surface area (Å²) in [4.78, 5) is 13.3. The second-order valence-corrected chi connectivity index (χ2v) is 7.84. The number of alkyl halides is 3. The van der Waals surface area contributed by atoms with Crippen LogP contribution < -0.4 is 10.1 Å². The lowest BCUT2D eigenvalue weighted by Crippen LogP contribution is -2.40. The number of rotatable bonds is 8. The topological polar surface area (TPSA) is 41.6 Å². The quantitative estimate of drug-likeness (QED) is 0.504. The molecule has 1 saturated carbocycles. The summed E-state index contributed by atoms with van der Waals surface area (Å²) in [5, 5.41) is 2.55. The first-order valence-corrected chi connectivity index (χ1v) is 9.93. The number of benzene rings is 1. The van der Waals surface area contributed by atoms with Crippen LogP contribution in [0.1, 0.15) is 48.9 Å². The molecule has 1 saturated heterocycles. The molecule has 2 fully saturated rings. The van der Waals surface area contributed by atoms with Crippen molar-refractivity contribution in [3.8, 4) is 5.75 Å². The number of likely N-dealkylation sites (tertiary alicyclic amines) is 1. The van der Waals surface area contributed by atoms with Crippen molar-refractivity contribution < 1.29 is 31.5 Å². The summed E-state index contributed by atoms with van der Waals surface area (Å²) in [5.41, 5.74) is -0.602. The van der Waals surface area contributed by atoms with E-state index < -0.39 is 35.8 Å². The van der Waals surface area contributed by atoms with Crippen LogP contribution in [0.4, 0.5) is 22.0 Å². The van der Waals surface area contributed by atoms with E-state index in [0.29, 0.717) is 38.3 Å². The number of nitrogens with one attached hydrogen (secondary N) is 1. The molecule has 0 radical (unpaired) electrons. The third kappa shape index (κ3) is 6.83. The van der Waals surface area contributed by atoms with Gasteiger partial charge in [0.1, 0.15) is 22.9 Å². The minimum atomic E-state index is -4.17. The highest BCUT2D eigenvalue weighted by atomic mass is 19.4. The number of hydrogen-bond acceptors (Lipinski definition) is 3. The summed E-state index contributed by atoms with van der Waals surface area (Å²) in [7, 11) is 0. The van der Waals surface area contributed by atoms with E-state index in [1.54, 1.807) is 0 Å². The maximum atomic E-state index is 14.1. The lowest BCUT2D eigenvalue weighted by Gasteiger charge is -2.32. The van der Waals surface area contributed by atoms with Crippen molar-refractivity contribution >= 4 is 5.91 Å². The molecule has 9 heteroatoms. The Balaban J connectivity index is 1.39. The van der Waals surface area contributed by atoms with Gasteiger partial charge in [0, 0.05) is 18.2 Å². The van der Waals surface area contributed by atoms with Crippen LogP contribution in [0.25, 0.3) is 0 Å². The molecule has 2 aliphatic rings. The van der Waals surface area contributed by atoms with Gasteiger partial charge in [-0.25, -0.2) is 8.78 Å². The predicted octanol–water partition coefficient (Wildman–Crippen LogP) is 4.29. The van der Waals surface area contributed by atoms with E-state index in [4.69, 9.17) is 4.74 Å². The van der Waals surface area contributed by atoms with Crippen LogP contribution in [0.15, 0.2) is 12.1 Å². The fourth-order valence-corrected chi connectivity index (χ4v) is 3.58. The number of hydrogen-bond donors (Lipinski definition) is 1. The molecule has 4 nitrogen and oxygen atoms in total. The Hall–Kier alpha value is -1.90. The van der Waals surface area contributed by atoms with Gasteiger partial charge in [0.2, 0.25) is 0 Å². The lowest BCUT2D eigenvalue weighted by molar-refractivity contribution is -0.148. The van der Waals surface area contributed by atoms with E-state index in [0.717, 1.165) is 31.4 Å². The van der Waals surface area contributed by atoms with Crippen LogP contribution in [0.3, 0.4) is 0 Å². The zero-order valence-corrected chi connectivity index (χ0v) is 16.0. The van der Waals surface area contributed by atoms with Crippen LogP contribution in [0.2, 0.25) is 0 Å². The third-order valence-electron chi connectivity index (χ3n) is 5.29. The maximum absolute atomic E-state index is 14.1. The average Bonchev–Trinajstić information content (AvgIpc) is 3.42. The minimum Gasteiger partial charge on any atom is -0.493 e. The van der Waals surface area contributed by atoms with Gasteiger partial charge in [0.25, 0.3) is 5.91 Å². The van der Waals surface area contributed by atoms with Crippen molar-refractivity contribution in [2.24, 2.45) is 5.92 Å². The molecule has 1 aromatic rings. The molecule has 1 aromatic carbocycles. The van der Waals surface area contributed by atoms with Crippen molar-refractivity contribution in [2.75, 3.05) is 26.2 Å². The summed E-state index contributed by atoms with van der Waals surface area (Å²) in [6.45, 7) is 0.224. The van der Waals surface area contributed by atoms with Gasteiger partial charge < -0.3 is 10.1 Å². The summed E-state index contributed by atoms with van der Waals surface area (Å²) in [6.07, 6.45) is 0.284. The van der Waals surface area contributed by atoms with Gasteiger partial charge in [0.15, 0.2) is 0 Å². The molecular weight excluding hydrogens is 395 g/mol. The minimum absolute atomic E-state index is 0.00226. The predicted molar refractivity (Wildman–Crippen MR) is 96.8 cm³/mol. The number of nitrogens with zero attached hydrogens (tertiary/aromatic N) is 1. The van der Waals surface area contributed by atoms with Crippen LogP contribution in [-0.4, -0.2) is 49.3 Å². The highest BCUT2D eigenvalue weighted by Crippen LogP contribution is 2.26. The summed E-state index contributed by atoms with van der Waals surface area (Å²) in [6, 6.07) is 2.00. The van der Waals surface area contributed by atoms with Crippen molar-refractivity contribution in [3.63, 3.8) is 0 Å². The van der Waals surface area contributed by atoms with Crippen LogP contribution in [0, 0.1) is 17.6 Å². The van der Waals surface area contributed by atoms with Gasteiger partial charge in [-0.15, -0.1) is 0 Å². The molecule has 29 heavy (non-hydrogen) atoms. The fourth-order valence-electron chi connectivity index (χ4n) is 3.58. The van der Waals surface area contributed by atoms with E-state index in [1.165, 1.54) is 4.90 Å². The van der Waals surface area contributed by atoms with Gasteiger partial charge in [-0.3, -0.25) is 9.69 Å². The van der Waals surface area contributed by atoms with Gasteiger partial charge in [0.05, 0.1) is 13.2 Å². The number of carbonyl (C=O) groups excluding carboxylic acids is 1. The van der Waals surface area contributed by atoms with Crippen molar-refractivity contribution in [1.29, 1.82) is 0 Å². The van der Waals surface area contributed by atoms with Gasteiger partial charge >= 0.3 is 6.18 Å². The average molecular weight is 420 g/mol. The zero-order valence-electron chi connectivity index (χ0n) is 16.0. The smallest absolute Gasteiger partial charge is 0.401 e. The van der Waals surface area contributed by atoms with E-state index in [-0.39, 0.29) is 18.4 Å². The van der Waals surface area contributed by atoms with Gasteiger partial charge in [-0.1, -0.05) is 0 Å². The molecule has 0 spiro atoms. The molecule has 0 unspecified atom stereocenters. The molecule has 162 valence electrons. The first-order chi connectivity index (χ1) is 13.7. The third-order valence-corrected chi connectivity index (χ3v) is 5.29. The van der Waals surface area contributed by atoms with E-state index >= 15 is 0 Å². The lowest BCUT2D eigenvalue weighted by atomic mass is 9.92. The summed E-state index contributed by atoms with van der Waals surface area (Å²) in [5.74, 6) is -2.34. The van der Waals surface area contributed by atoms with Crippen LogP contribution in [-0.2, 0) is 0 Å². The molecule has 0 atom stereocenters. The number of carbonyl (C=O) groups is 1. The molecule has 0 bridgehead atoms. The fraction of sp³-hybridized carbons (Fsp3) is 0.650. The number of piperidine rings is 1. The molecular formula is C20H25F5N2O2. The van der Waals surface area contributed by atoms with Crippen molar-refractivity contribution in [2.45, 2.75) is 50.7 Å². The maximum Gasteiger partial charge on any atom is 0.401 e. The molecule has 1 aliphatic heterocycles. The number of ether oxygens (including phenoxy) is 1. The molecule has 1 heterocycles. The first-order valence-electron chi connectivity index (χ1n) is 9.93. The molecule has 1 N–H and O–H groups in total. The second-order valence-electron chi connectivity index (χ2n) is 7.84. The zero-order chi connectivity index (χ0) is 21.0. The Morgan fingerprint density at radius 2 is 1.72 bits per heavy atom. The Bertz CT molecular complexity index is 690. The van der Waals surface area contributed by atoms with Crippen LogP contribution >= 0.6 is 0 Å². The molecule has 0 aromatic heterocycles. The van der Waals surface area contributed by atoms with Crippen molar-refractivity contribution in [1.82, 2.24) is 10.2 Å². The van der Waals surface area contributed by atoms with E-state index in [1.807, 2.05) is 0 Å². The molecule has 1 amide bonds. The second kappa shape index (κ2) is 9.28. The summed E-state index contributed by atoms with van der Waals surface area (Å²) < 4.78 is 70.8. The molecule has 1 aliphatic carbocycles. The Morgan fingerprint density at radius 3 is 2.28 bits per heavy atom. The first kappa shape index (κ1) is 21.8. The monoisotopic (exact) mass is 420 g/mol. The highest BCUT2D eigenvalue weighted by molar-refractivity contribution is 5.95. The van der Waals surface area contributed by atoms with Crippen LogP contribution in [0.5, 0.6) is 5.75 Å². The standard InChI is InChI=1S/C20H25F5N2O2/c21-16-10-15(11-17(22)18(16)19(28)26-14-3-4-14)29-9-1-2-13-5-7-27(8-6-13)12-20(23,24)25/h10-11,13-14H,1-9,12H2,(H,26,28). The largest absolute Gasteiger partial charge is 0.493 e. The van der Waals surface area contributed by atoms with Crippen molar-refractivity contribution in [3.05, 3.63) is 29.3 Å². The summed E-state index contributed by atoms with van der Waals surface area (Å²) >= 11 is 0. The van der Waals surface area contributed by atoms with E-state index in [2.05, 4.69) is 5.32 Å². The Morgan fingerprint density at radius 1 is 1.10 bits per heavy atom. The Kier molecular flexibility index (Phi) is 6.97. The highest BCUT2D eigenvalue weighted by Gasteiger charge is 2.32. The normalized spacial score (nSPS) is 18.7.